The number of amides is 1. The number of aromatic nitrogens is 2. The maximum absolute atomic E-state index is 12.3. The van der Waals surface area contributed by atoms with E-state index in [4.69, 9.17) is 4.74 Å². The van der Waals surface area contributed by atoms with Gasteiger partial charge in [-0.3, -0.25) is 4.79 Å². The third-order valence-electron chi connectivity index (χ3n) is 5.16. The van der Waals surface area contributed by atoms with Crippen molar-refractivity contribution in [2.75, 3.05) is 38.0 Å². The van der Waals surface area contributed by atoms with Gasteiger partial charge in [0.1, 0.15) is 11.6 Å². The number of ether oxygens (including phenoxy) is 1. The van der Waals surface area contributed by atoms with E-state index >= 15 is 0 Å². The molecule has 0 unspecified atom stereocenters. The Labute approximate surface area is 166 Å². The number of anilines is 2. The SMILES string of the molecule is COc1cccc(C(=O)NCC2CCC(Nc3nccc(N(C)C)n3)CC2)c1. The van der Waals surface area contributed by atoms with E-state index in [1.807, 2.05) is 37.2 Å². The molecule has 0 saturated heterocycles. The summed E-state index contributed by atoms with van der Waals surface area (Å²) in [5.41, 5.74) is 0.632. The fourth-order valence-corrected chi connectivity index (χ4v) is 3.46. The quantitative estimate of drug-likeness (QED) is 0.765. The number of nitrogens with one attached hydrogen (secondary N) is 2. The minimum atomic E-state index is -0.0481. The third-order valence-corrected chi connectivity index (χ3v) is 5.16. The van der Waals surface area contributed by atoms with Gasteiger partial charge in [-0.15, -0.1) is 0 Å². The second kappa shape index (κ2) is 9.39. The molecule has 1 aliphatic rings. The van der Waals surface area contributed by atoms with Crippen molar-refractivity contribution in [3.05, 3.63) is 42.1 Å². The fraction of sp³-hybridized carbons (Fsp3) is 0.476. The van der Waals surface area contributed by atoms with E-state index in [1.165, 1.54) is 0 Å². The van der Waals surface area contributed by atoms with Gasteiger partial charge in [0, 0.05) is 38.4 Å². The first kappa shape index (κ1) is 19.9. The predicted octanol–water partition coefficient (Wildman–Crippen LogP) is 2.95. The van der Waals surface area contributed by atoms with Crippen LogP contribution in [0.2, 0.25) is 0 Å². The minimum absolute atomic E-state index is 0.0481. The van der Waals surface area contributed by atoms with Crippen LogP contribution in [-0.4, -0.2) is 49.7 Å². The van der Waals surface area contributed by atoms with Crippen LogP contribution in [-0.2, 0) is 0 Å². The van der Waals surface area contributed by atoms with E-state index in [0.717, 1.165) is 31.5 Å². The van der Waals surface area contributed by atoms with Crippen LogP contribution in [0.15, 0.2) is 36.5 Å². The molecule has 150 valence electrons. The molecule has 7 nitrogen and oxygen atoms in total. The Morgan fingerprint density at radius 2 is 2.00 bits per heavy atom. The van der Waals surface area contributed by atoms with Crippen molar-refractivity contribution in [3.63, 3.8) is 0 Å². The zero-order valence-corrected chi connectivity index (χ0v) is 16.8. The van der Waals surface area contributed by atoms with Gasteiger partial charge in [0.25, 0.3) is 5.91 Å². The van der Waals surface area contributed by atoms with Gasteiger partial charge < -0.3 is 20.3 Å². The summed E-state index contributed by atoms with van der Waals surface area (Å²) in [6.07, 6.45) is 6.03. The van der Waals surface area contributed by atoms with E-state index in [2.05, 4.69) is 20.6 Å². The maximum atomic E-state index is 12.3. The molecule has 1 saturated carbocycles. The van der Waals surface area contributed by atoms with E-state index in [9.17, 15) is 4.79 Å². The van der Waals surface area contributed by atoms with Crippen molar-refractivity contribution >= 4 is 17.7 Å². The van der Waals surface area contributed by atoms with Gasteiger partial charge in [-0.2, -0.15) is 4.98 Å². The van der Waals surface area contributed by atoms with Crippen LogP contribution >= 0.6 is 0 Å². The lowest BCUT2D eigenvalue weighted by molar-refractivity contribution is 0.0943. The predicted molar refractivity (Wildman–Crippen MR) is 111 cm³/mol. The van der Waals surface area contributed by atoms with E-state index in [0.29, 0.717) is 35.8 Å². The summed E-state index contributed by atoms with van der Waals surface area (Å²) in [5.74, 6) is 2.72. The standard InChI is InChI=1S/C21H29N5O2/c1-26(2)19-11-12-22-21(25-19)24-17-9-7-15(8-10-17)14-23-20(27)16-5-4-6-18(13-16)28-3/h4-6,11-13,15,17H,7-10,14H2,1-3H3,(H,23,27)(H,22,24,25). The van der Waals surface area contributed by atoms with Gasteiger partial charge in [0.15, 0.2) is 0 Å². The minimum Gasteiger partial charge on any atom is -0.497 e. The molecule has 1 aromatic carbocycles. The van der Waals surface area contributed by atoms with Crippen molar-refractivity contribution < 1.29 is 9.53 Å². The summed E-state index contributed by atoms with van der Waals surface area (Å²) in [5, 5.41) is 6.51. The normalized spacial score (nSPS) is 19.0. The van der Waals surface area contributed by atoms with Gasteiger partial charge in [0.05, 0.1) is 7.11 Å². The van der Waals surface area contributed by atoms with Gasteiger partial charge in [-0.25, -0.2) is 4.98 Å². The first-order chi connectivity index (χ1) is 13.5. The highest BCUT2D eigenvalue weighted by Gasteiger charge is 2.22. The number of hydrogen-bond acceptors (Lipinski definition) is 6. The molecule has 0 aliphatic heterocycles. The summed E-state index contributed by atoms with van der Waals surface area (Å²) in [6, 6.07) is 9.51. The molecule has 0 spiro atoms. The van der Waals surface area contributed by atoms with Crippen LogP contribution in [0.1, 0.15) is 36.0 Å². The van der Waals surface area contributed by atoms with Crippen LogP contribution in [0.25, 0.3) is 0 Å². The van der Waals surface area contributed by atoms with Crippen LogP contribution < -0.4 is 20.3 Å². The van der Waals surface area contributed by atoms with Gasteiger partial charge >= 0.3 is 0 Å². The molecule has 1 amide bonds. The molecule has 1 fully saturated rings. The molecular weight excluding hydrogens is 354 g/mol. The summed E-state index contributed by atoms with van der Waals surface area (Å²) in [4.78, 5) is 23.2. The number of nitrogens with zero attached hydrogens (tertiary/aromatic N) is 3. The van der Waals surface area contributed by atoms with Crippen molar-refractivity contribution in [1.82, 2.24) is 15.3 Å². The maximum Gasteiger partial charge on any atom is 0.251 e. The van der Waals surface area contributed by atoms with E-state index < -0.39 is 0 Å². The average Bonchev–Trinajstić information content (AvgIpc) is 2.73. The summed E-state index contributed by atoms with van der Waals surface area (Å²) in [6.45, 7) is 0.704. The van der Waals surface area contributed by atoms with Crippen molar-refractivity contribution in [3.8, 4) is 5.75 Å². The second-order valence-corrected chi connectivity index (χ2v) is 7.44. The number of rotatable bonds is 7. The Hall–Kier alpha value is -2.83. The van der Waals surface area contributed by atoms with Crippen molar-refractivity contribution in [2.45, 2.75) is 31.7 Å². The molecule has 2 N–H and O–H groups in total. The Morgan fingerprint density at radius 3 is 2.71 bits per heavy atom. The first-order valence-electron chi connectivity index (χ1n) is 9.74. The molecule has 28 heavy (non-hydrogen) atoms. The number of carbonyl (C=O) groups excluding carboxylic acids is 1. The Kier molecular flexibility index (Phi) is 6.68. The van der Waals surface area contributed by atoms with Crippen LogP contribution in [0.3, 0.4) is 0 Å². The highest BCUT2D eigenvalue weighted by Crippen LogP contribution is 2.26. The van der Waals surface area contributed by atoms with Crippen LogP contribution in [0, 0.1) is 5.92 Å². The van der Waals surface area contributed by atoms with Gasteiger partial charge in [0.2, 0.25) is 5.95 Å². The van der Waals surface area contributed by atoms with E-state index in [1.54, 1.807) is 25.4 Å². The van der Waals surface area contributed by atoms with E-state index in [-0.39, 0.29) is 5.91 Å². The number of benzene rings is 1. The number of methoxy groups -OCH3 is 1. The molecule has 0 atom stereocenters. The van der Waals surface area contributed by atoms with Crippen molar-refractivity contribution in [1.29, 1.82) is 0 Å². The fourth-order valence-electron chi connectivity index (χ4n) is 3.46. The smallest absolute Gasteiger partial charge is 0.251 e. The van der Waals surface area contributed by atoms with Crippen LogP contribution in [0.4, 0.5) is 11.8 Å². The lowest BCUT2D eigenvalue weighted by Crippen LogP contribution is -2.34. The van der Waals surface area contributed by atoms with Gasteiger partial charge in [-0.1, -0.05) is 6.07 Å². The second-order valence-electron chi connectivity index (χ2n) is 7.44. The number of carbonyl (C=O) groups is 1. The lowest BCUT2D eigenvalue weighted by Gasteiger charge is -2.29. The molecular formula is C21H29N5O2. The highest BCUT2D eigenvalue weighted by atomic mass is 16.5. The topological polar surface area (TPSA) is 79.4 Å². The summed E-state index contributed by atoms with van der Waals surface area (Å²) >= 11 is 0. The van der Waals surface area contributed by atoms with Crippen LogP contribution in [0.5, 0.6) is 5.75 Å². The monoisotopic (exact) mass is 383 g/mol. The third kappa shape index (κ3) is 5.34. The average molecular weight is 383 g/mol. The highest BCUT2D eigenvalue weighted by molar-refractivity contribution is 5.94. The zero-order chi connectivity index (χ0) is 19.9. The summed E-state index contributed by atoms with van der Waals surface area (Å²) < 4.78 is 5.18. The van der Waals surface area contributed by atoms with Crippen molar-refractivity contribution in [2.24, 2.45) is 5.92 Å². The van der Waals surface area contributed by atoms with Gasteiger partial charge in [-0.05, 0) is 55.9 Å². The Bertz CT molecular complexity index is 788. The molecule has 7 heteroatoms. The lowest BCUT2D eigenvalue weighted by atomic mass is 9.86. The zero-order valence-electron chi connectivity index (χ0n) is 16.8. The molecule has 3 rings (SSSR count). The Morgan fingerprint density at radius 1 is 1.21 bits per heavy atom. The molecule has 2 aromatic rings. The first-order valence-corrected chi connectivity index (χ1v) is 9.74. The molecule has 1 aliphatic carbocycles. The molecule has 1 heterocycles. The number of hydrogen-bond donors (Lipinski definition) is 2. The molecule has 0 radical (unpaired) electrons. The molecule has 0 bridgehead atoms. The molecule has 1 aromatic heterocycles. The largest absolute Gasteiger partial charge is 0.497 e. The Balaban J connectivity index is 1.44. The summed E-state index contributed by atoms with van der Waals surface area (Å²) in [7, 11) is 5.54.